The van der Waals surface area contributed by atoms with E-state index in [-0.39, 0.29) is 0 Å². The molecular weight excluding hydrogens is 725 g/mol. The summed E-state index contributed by atoms with van der Waals surface area (Å²) in [5, 5.41) is 9.80. The maximum absolute atomic E-state index is 13.6. The number of hydrogen-bond acceptors (Lipinski definition) is 9. The first kappa shape index (κ1) is 37.6. The highest BCUT2D eigenvalue weighted by molar-refractivity contribution is 5.70. The molecule has 4 aromatic heterocycles. The number of carbonyl (C=O) groups is 1. The van der Waals surface area contributed by atoms with Crippen LogP contribution in [0.1, 0.15) is 39.1 Å². The highest BCUT2D eigenvalue weighted by atomic mass is 16.7. The third-order valence-corrected chi connectivity index (χ3v) is 9.56. The van der Waals surface area contributed by atoms with Crippen molar-refractivity contribution in [2.45, 2.75) is 51.7 Å². The van der Waals surface area contributed by atoms with Crippen LogP contribution in [-0.4, -0.2) is 56.9 Å². The summed E-state index contributed by atoms with van der Waals surface area (Å²) >= 11 is 0. The molecule has 0 fully saturated rings. The third-order valence-electron chi connectivity index (χ3n) is 9.56. The lowest BCUT2D eigenvalue weighted by molar-refractivity contribution is -0.0589. The maximum atomic E-state index is 13.6. The lowest BCUT2D eigenvalue weighted by Gasteiger charge is -2.29. The van der Waals surface area contributed by atoms with E-state index in [1.54, 1.807) is 46.3 Å². The first-order chi connectivity index (χ1) is 28.1. The van der Waals surface area contributed by atoms with Gasteiger partial charge in [-0.05, 0) is 74.2 Å². The Labute approximate surface area is 337 Å². The quantitative estimate of drug-likeness (QED) is 0.112. The van der Waals surface area contributed by atoms with Crippen molar-refractivity contribution in [3.63, 3.8) is 0 Å². The van der Waals surface area contributed by atoms with Crippen molar-refractivity contribution in [3.05, 3.63) is 170 Å². The Morgan fingerprint density at radius 3 is 1.16 bits per heavy atom. The predicted molar refractivity (Wildman–Crippen MR) is 223 cm³/mol. The summed E-state index contributed by atoms with van der Waals surface area (Å²) in [4.78, 5) is 31.4. The molecule has 0 bridgehead atoms. The molecule has 8 rings (SSSR count). The van der Waals surface area contributed by atoms with E-state index in [0.717, 1.165) is 56.2 Å². The van der Waals surface area contributed by atoms with Gasteiger partial charge < -0.3 is 9.47 Å². The van der Waals surface area contributed by atoms with Crippen molar-refractivity contribution in [1.29, 1.82) is 0 Å². The molecule has 4 heterocycles. The van der Waals surface area contributed by atoms with Crippen LogP contribution in [0.5, 0.6) is 0 Å². The second kappa shape index (κ2) is 16.1. The van der Waals surface area contributed by atoms with Crippen LogP contribution in [0.3, 0.4) is 0 Å². The SMILES string of the molecule is CC(C)(Cc1cc(-c2ccc(-c3ccccc3)cc2)nn1-c1ncccn1)OC(=O)OC(C)(C)Cc1cc(-c2ccc(-c3ccccc3)cc2)nn1-c1ncccn1. The lowest BCUT2D eigenvalue weighted by atomic mass is 10.0. The van der Waals surface area contributed by atoms with E-state index in [9.17, 15) is 4.79 Å². The van der Waals surface area contributed by atoms with E-state index < -0.39 is 17.4 Å². The molecule has 0 radical (unpaired) electrons. The Morgan fingerprint density at radius 2 is 0.793 bits per heavy atom. The molecule has 8 aromatic rings. The molecule has 0 aliphatic carbocycles. The van der Waals surface area contributed by atoms with Gasteiger partial charge in [0.05, 0.1) is 22.8 Å². The maximum Gasteiger partial charge on any atom is 0.509 e. The van der Waals surface area contributed by atoms with E-state index in [1.165, 1.54) is 0 Å². The van der Waals surface area contributed by atoms with Gasteiger partial charge in [-0.1, -0.05) is 109 Å². The largest absolute Gasteiger partial charge is 0.509 e. The van der Waals surface area contributed by atoms with Crippen LogP contribution in [0.15, 0.2) is 158 Å². The molecule has 0 amide bonds. The summed E-state index contributed by atoms with van der Waals surface area (Å²) < 4.78 is 15.5. The molecule has 0 N–H and O–H groups in total. The highest BCUT2D eigenvalue weighted by Crippen LogP contribution is 2.30. The molecule has 0 atom stereocenters. The molecule has 0 aliphatic rings. The summed E-state index contributed by atoms with van der Waals surface area (Å²) in [7, 11) is 0. The summed E-state index contributed by atoms with van der Waals surface area (Å²) in [5.74, 6) is 0.823. The van der Waals surface area contributed by atoms with Crippen LogP contribution in [0.4, 0.5) is 4.79 Å². The van der Waals surface area contributed by atoms with Crippen LogP contribution in [0.25, 0.3) is 56.7 Å². The second-order valence-corrected chi connectivity index (χ2v) is 15.2. The predicted octanol–water partition coefficient (Wildman–Crippen LogP) is 9.80. The minimum Gasteiger partial charge on any atom is -0.428 e. The first-order valence-corrected chi connectivity index (χ1v) is 19.1. The molecule has 0 spiro atoms. The van der Waals surface area contributed by atoms with E-state index in [2.05, 4.69) is 68.5 Å². The van der Waals surface area contributed by atoms with Gasteiger partial charge in [0.25, 0.3) is 11.9 Å². The van der Waals surface area contributed by atoms with Gasteiger partial charge in [-0.3, -0.25) is 0 Å². The van der Waals surface area contributed by atoms with E-state index in [4.69, 9.17) is 19.7 Å². The zero-order valence-electron chi connectivity index (χ0n) is 32.7. The smallest absolute Gasteiger partial charge is 0.428 e. The van der Waals surface area contributed by atoms with Gasteiger partial charge >= 0.3 is 6.16 Å². The van der Waals surface area contributed by atoms with Crippen molar-refractivity contribution in [2.24, 2.45) is 0 Å². The Bertz CT molecular complexity index is 2420. The number of rotatable bonds is 12. The monoisotopic (exact) mass is 766 g/mol. The minimum absolute atomic E-state index is 0.306. The minimum atomic E-state index is -0.993. The number of hydrogen-bond donors (Lipinski definition) is 0. The van der Waals surface area contributed by atoms with Crippen molar-refractivity contribution in [1.82, 2.24) is 39.5 Å². The van der Waals surface area contributed by atoms with E-state index >= 15 is 0 Å². The van der Waals surface area contributed by atoms with Crippen LogP contribution in [0, 0.1) is 0 Å². The van der Waals surface area contributed by atoms with Crippen molar-refractivity contribution in [2.75, 3.05) is 0 Å². The van der Waals surface area contributed by atoms with E-state index in [0.29, 0.717) is 24.7 Å². The number of benzene rings is 4. The van der Waals surface area contributed by atoms with Gasteiger partial charge in [-0.2, -0.15) is 10.2 Å². The first-order valence-electron chi connectivity index (χ1n) is 19.1. The van der Waals surface area contributed by atoms with E-state index in [1.807, 2.05) is 100 Å². The molecule has 0 saturated carbocycles. The van der Waals surface area contributed by atoms with Gasteiger partial charge in [0.1, 0.15) is 11.2 Å². The standard InChI is InChI=1S/C47H42N8O3/c1-46(2,31-39-29-41(52-54(39)43-48-25-11-26-49-43)37-21-17-35(18-22-37)33-13-7-5-8-14-33)57-45(56)58-47(3,4)32-40-30-42(53-55(40)44-50-27-12-28-51-44)38-23-19-36(20-24-38)34-15-9-6-10-16-34/h5-30H,31-32H2,1-4H3. The molecule has 11 nitrogen and oxygen atoms in total. The zero-order valence-corrected chi connectivity index (χ0v) is 32.7. The Balaban J connectivity index is 0.992. The summed E-state index contributed by atoms with van der Waals surface area (Å²) in [6, 6.07) is 44.4. The van der Waals surface area contributed by atoms with Crippen LogP contribution in [0.2, 0.25) is 0 Å². The average Bonchev–Trinajstić information content (AvgIpc) is 3.85. The Hall–Kier alpha value is -7.27. The second-order valence-electron chi connectivity index (χ2n) is 15.2. The molecule has 0 unspecified atom stereocenters. The molecule has 58 heavy (non-hydrogen) atoms. The van der Waals surface area contributed by atoms with Crippen molar-refractivity contribution >= 4 is 6.16 Å². The lowest BCUT2D eigenvalue weighted by Crippen LogP contribution is -2.37. The van der Waals surface area contributed by atoms with Crippen molar-refractivity contribution < 1.29 is 14.3 Å². The highest BCUT2D eigenvalue weighted by Gasteiger charge is 2.33. The number of nitrogens with zero attached hydrogens (tertiary/aromatic N) is 8. The third kappa shape index (κ3) is 8.74. The molecule has 11 heteroatoms. The van der Waals surface area contributed by atoms with Crippen molar-refractivity contribution in [3.8, 4) is 56.7 Å². The summed E-state index contributed by atoms with van der Waals surface area (Å²) in [6.45, 7) is 7.37. The van der Waals surface area contributed by atoms with Crippen LogP contribution < -0.4 is 0 Å². The van der Waals surface area contributed by atoms with Crippen LogP contribution in [-0.2, 0) is 22.3 Å². The topological polar surface area (TPSA) is 123 Å². The fraction of sp³-hybridized carbons (Fsp3) is 0.170. The molecule has 0 aliphatic heterocycles. The summed E-state index contributed by atoms with van der Waals surface area (Å²) in [5.41, 5.74) is 7.39. The molecular formula is C47H42N8O3. The zero-order chi connectivity index (χ0) is 40.1. The number of carbonyl (C=O) groups excluding carboxylic acids is 1. The summed E-state index contributed by atoms with van der Waals surface area (Å²) in [6.07, 6.45) is 6.49. The normalized spacial score (nSPS) is 11.7. The van der Waals surface area contributed by atoms with Gasteiger partial charge in [-0.15, -0.1) is 0 Å². The fourth-order valence-corrected chi connectivity index (χ4v) is 6.87. The van der Waals surface area contributed by atoms with Crippen LogP contribution >= 0.6 is 0 Å². The molecule has 0 saturated heterocycles. The molecule has 4 aromatic carbocycles. The average molecular weight is 767 g/mol. The van der Waals surface area contributed by atoms with Gasteiger partial charge in [0, 0.05) is 48.8 Å². The Morgan fingerprint density at radius 1 is 0.466 bits per heavy atom. The fourth-order valence-electron chi connectivity index (χ4n) is 6.87. The Kier molecular flexibility index (Phi) is 10.4. The van der Waals surface area contributed by atoms with Gasteiger partial charge in [-0.25, -0.2) is 34.1 Å². The molecule has 288 valence electrons. The number of ether oxygens (including phenoxy) is 2. The van der Waals surface area contributed by atoms with Gasteiger partial charge in [0.2, 0.25) is 0 Å². The number of aromatic nitrogens is 8. The van der Waals surface area contributed by atoms with Gasteiger partial charge in [0.15, 0.2) is 0 Å².